The van der Waals surface area contributed by atoms with Gasteiger partial charge in [-0.1, -0.05) is 24.3 Å². The molecule has 0 unspecified atom stereocenters. The van der Waals surface area contributed by atoms with Crippen LogP contribution in [0.5, 0.6) is 11.5 Å². The van der Waals surface area contributed by atoms with Crippen LogP contribution in [0.15, 0.2) is 59.4 Å². The number of aromatic carboxylic acids is 1. The molecule has 8 nitrogen and oxygen atoms in total. The first-order chi connectivity index (χ1) is 15.7. The second-order valence-electron chi connectivity index (χ2n) is 7.72. The highest BCUT2D eigenvalue weighted by Gasteiger charge is 2.26. The number of hydrogen-bond donors (Lipinski definition) is 3. The summed E-state index contributed by atoms with van der Waals surface area (Å²) in [5, 5.41) is 29.3. The Morgan fingerprint density at radius 1 is 1.03 bits per heavy atom. The number of rotatable bonds is 8. The van der Waals surface area contributed by atoms with Gasteiger partial charge < -0.3 is 24.6 Å². The third-order valence-corrected chi connectivity index (χ3v) is 5.59. The number of phenols is 1. The van der Waals surface area contributed by atoms with Crippen LogP contribution in [0.4, 0.5) is 0 Å². The minimum atomic E-state index is -1.10. The molecule has 1 atom stereocenters. The highest BCUT2D eigenvalue weighted by molar-refractivity contribution is 5.87. The molecule has 1 aromatic heterocycles. The number of nitrogens with zero attached hydrogens (tertiary/aromatic N) is 1. The van der Waals surface area contributed by atoms with Gasteiger partial charge in [0.2, 0.25) is 0 Å². The van der Waals surface area contributed by atoms with E-state index in [1.165, 1.54) is 42.0 Å². The number of esters is 1. The molecule has 0 aliphatic carbocycles. The summed E-state index contributed by atoms with van der Waals surface area (Å²) in [6.45, 7) is 2.03. The number of aromatic nitrogens is 1. The number of aromatic hydroxyl groups is 2. The Morgan fingerprint density at radius 3 is 2.24 bits per heavy atom. The molecule has 0 amide bonds. The van der Waals surface area contributed by atoms with E-state index < -0.39 is 23.4 Å². The first-order valence-corrected chi connectivity index (χ1v) is 10.3. The van der Waals surface area contributed by atoms with Crippen molar-refractivity contribution >= 4 is 11.9 Å². The van der Waals surface area contributed by atoms with Crippen molar-refractivity contribution in [2.75, 3.05) is 7.11 Å². The minimum absolute atomic E-state index is 0.0415. The van der Waals surface area contributed by atoms with Crippen LogP contribution in [0, 0.1) is 6.92 Å². The first-order valence-electron chi connectivity index (χ1n) is 10.3. The summed E-state index contributed by atoms with van der Waals surface area (Å²) in [6.07, 6.45) is 0.312. The smallest absolute Gasteiger partial charge is 0.335 e. The lowest BCUT2D eigenvalue weighted by atomic mass is 9.88. The van der Waals surface area contributed by atoms with Crippen LogP contribution >= 0.6 is 0 Å². The second-order valence-corrected chi connectivity index (χ2v) is 7.72. The van der Waals surface area contributed by atoms with Crippen molar-refractivity contribution < 1.29 is 29.6 Å². The van der Waals surface area contributed by atoms with E-state index in [-0.39, 0.29) is 29.0 Å². The number of carbonyl (C=O) groups excluding carboxylic acids is 1. The van der Waals surface area contributed by atoms with Gasteiger partial charge in [-0.2, -0.15) is 0 Å². The Morgan fingerprint density at radius 2 is 1.67 bits per heavy atom. The molecule has 172 valence electrons. The number of carboxylic acid groups (broad SMARTS) is 1. The van der Waals surface area contributed by atoms with Gasteiger partial charge in [0.25, 0.3) is 5.56 Å². The number of benzene rings is 2. The van der Waals surface area contributed by atoms with Gasteiger partial charge in [-0.05, 0) is 54.8 Å². The maximum absolute atomic E-state index is 13.5. The molecule has 0 saturated carbocycles. The molecular formula is C25H25NO7. The molecule has 2 aromatic carbocycles. The monoisotopic (exact) mass is 451 g/mol. The maximum Gasteiger partial charge on any atom is 0.335 e. The van der Waals surface area contributed by atoms with Crippen LogP contribution in [0.1, 0.15) is 45.1 Å². The predicted molar refractivity (Wildman–Crippen MR) is 121 cm³/mol. The Bertz CT molecular complexity index is 1210. The molecule has 3 N–H and O–H groups in total. The van der Waals surface area contributed by atoms with E-state index in [4.69, 9.17) is 9.84 Å². The van der Waals surface area contributed by atoms with Crippen LogP contribution in [0.25, 0.3) is 0 Å². The highest BCUT2D eigenvalue weighted by Crippen LogP contribution is 2.32. The molecule has 1 heterocycles. The van der Waals surface area contributed by atoms with Gasteiger partial charge in [0, 0.05) is 18.2 Å². The van der Waals surface area contributed by atoms with Gasteiger partial charge in [0.05, 0.1) is 24.7 Å². The van der Waals surface area contributed by atoms with Crippen LogP contribution in [0.3, 0.4) is 0 Å². The molecule has 0 spiro atoms. The predicted octanol–water partition coefficient (Wildman–Crippen LogP) is 3.20. The second kappa shape index (κ2) is 10.0. The molecule has 8 heteroatoms. The number of phenolic OH excluding ortho intramolecular Hbond substituents is 1. The third-order valence-electron chi connectivity index (χ3n) is 5.59. The molecule has 0 aliphatic rings. The summed E-state index contributed by atoms with van der Waals surface area (Å²) in [4.78, 5) is 36.8. The lowest BCUT2D eigenvalue weighted by molar-refractivity contribution is -0.140. The standard InChI is InChI=1S/C25H25NO7/c1-15-13-21(28)23(24(30)26(15)12-11-16-3-9-19(27)10-4-16)20(14-22(29)33-2)17-5-7-18(8-6-17)25(31)32/h3-10,13,20,27-28H,11-12,14H2,1-2H3,(H,31,32)/t20-/m1/s1. The number of carboxylic acids is 1. The SMILES string of the molecule is COC(=O)C[C@H](c1ccc(C(=O)O)cc1)c1c(O)cc(C)n(CCc2ccc(O)cc2)c1=O. The van der Waals surface area contributed by atoms with Gasteiger partial charge in [0.1, 0.15) is 11.5 Å². The fraction of sp³-hybridized carbons (Fsp3) is 0.240. The van der Waals surface area contributed by atoms with Crippen molar-refractivity contribution in [3.05, 3.63) is 92.9 Å². The third kappa shape index (κ3) is 5.41. The molecule has 0 bridgehead atoms. The van der Waals surface area contributed by atoms with Gasteiger partial charge in [-0.3, -0.25) is 9.59 Å². The van der Waals surface area contributed by atoms with Gasteiger partial charge in [-0.15, -0.1) is 0 Å². The van der Waals surface area contributed by atoms with Crippen molar-refractivity contribution in [2.24, 2.45) is 0 Å². The molecule has 3 rings (SSSR count). The van der Waals surface area contributed by atoms with E-state index >= 15 is 0 Å². The lowest BCUT2D eigenvalue weighted by Gasteiger charge is -2.20. The normalized spacial score (nSPS) is 11.7. The summed E-state index contributed by atoms with van der Waals surface area (Å²) in [7, 11) is 1.23. The van der Waals surface area contributed by atoms with Crippen molar-refractivity contribution in [3.8, 4) is 11.5 Å². The minimum Gasteiger partial charge on any atom is -0.508 e. The Hall–Kier alpha value is -4.07. The van der Waals surface area contributed by atoms with Crippen LogP contribution in [-0.4, -0.2) is 38.9 Å². The molecule has 0 radical (unpaired) electrons. The molecule has 0 saturated heterocycles. The zero-order chi connectivity index (χ0) is 24.1. The summed E-state index contributed by atoms with van der Waals surface area (Å²) in [5.41, 5.74) is 1.64. The van der Waals surface area contributed by atoms with Crippen LogP contribution in [0.2, 0.25) is 0 Å². The van der Waals surface area contributed by atoms with E-state index in [0.29, 0.717) is 24.2 Å². The Labute approximate surface area is 190 Å². The quantitative estimate of drug-likeness (QED) is 0.449. The van der Waals surface area contributed by atoms with Crippen molar-refractivity contribution in [3.63, 3.8) is 0 Å². The fourth-order valence-electron chi connectivity index (χ4n) is 3.77. The number of carbonyl (C=O) groups is 2. The largest absolute Gasteiger partial charge is 0.508 e. The van der Waals surface area contributed by atoms with Crippen molar-refractivity contribution in [1.29, 1.82) is 0 Å². The highest BCUT2D eigenvalue weighted by atomic mass is 16.5. The number of ether oxygens (including phenoxy) is 1. The number of aryl methyl sites for hydroxylation is 2. The summed E-state index contributed by atoms with van der Waals surface area (Å²) in [5.74, 6) is -2.58. The first kappa shape index (κ1) is 23.6. The zero-order valence-electron chi connectivity index (χ0n) is 18.3. The summed E-state index contributed by atoms with van der Waals surface area (Å²) >= 11 is 0. The van der Waals surface area contributed by atoms with Crippen molar-refractivity contribution in [1.82, 2.24) is 4.57 Å². The maximum atomic E-state index is 13.5. The van der Waals surface area contributed by atoms with Crippen LogP contribution in [-0.2, 0) is 22.5 Å². The number of hydrogen-bond acceptors (Lipinski definition) is 6. The van der Waals surface area contributed by atoms with E-state index in [0.717, 1.165) is 5.56 Å². The van der Waals surface area contributed by atoms with Crippen molar-refractivity contribution in [2.45, 2.75) is 32.2 Å². The molecule has 3 aromatic rings. The fourth-order valence-corrected chi connectivity index (χ4v) is 3.77. The number of methoxy groups -OCH3 is 1. The van der Waals surface area contributed by atoms with Gasteiger partial charge in [-0.25, -0.2) is 4.79 Å². The topological polar surface area (TPSA) is 126 Å². The van der Waals surface area contributed by atoms with E-state index in [1.54, 1.807) is 31.2 Å². The molecular weight excluding hydrogens is 426 g/mol. The number of pyridine rings is 1. The molecule has 33 heavy (non-hydrogen) atoms. The van der Waals surface area contributed by atoms with E-state index in [9.17, 15) is 24.6 Å². The average Bonchev–Trinajstić information content (AvgIpc) is 2.79. The van der Waals surface area contributed by atoms with Gasteiger partial charge in [0.15, 0.2) is 0 Å². The Kier molecular flexibility index (Phi) is 7.17. The molecule has 0 fully saturated rings. The zero-order valence-corrected chi connectivity index (χ0v) is 18.3. The average molecular weight is 451 g/mol. The Balaban J connectivity index is 2.04. The van der Waals surface area contributed by atoms with Crippen LogP contribution < -0.4 is 5.56 Å². The molecule has 0 aliphatic heterocycles. The van der Waals surface area contributed by atoms with E-state index in [2.05, 4.69) is 0 Å². The summed E-state index contributed by atoms with van der Waals surface area (Å²) < 4.78 is 6.32. The van der Waals surface area contributed by atoms with E-state index in [1.807, 2.05) is 0 Å². The lowest BCUT2D eigenvalue weighted by Crippen LogP contribution is -2.29. The van der Waals surface area contributed by atoms with Gasteiger partial charge >= 0.3 is 11.9 Å². The summed E-state index contributed by atoms with van der Waals surface area (Å²) in [6, 6.07) is 14.0.